The van der Waals surface area contributed by atoms with Gasteiger partial charge in [0.2, 0.25) is 5.91 Å². The van der Waals surface area contributed by atoms with E-state index in [0.29, 0.717) is 32.0 Å². The summed E-state index contributed by atoms with van der Waals surface area (Å²) >= 11 is 0. The summed E-state index contributed by atoms with van der Waals surface area (Å²) in [5, 5.41) is 6.92. The predicted octanol–water partition coefficient (Wildman–Crippen LogP) is 3.01. The fourth-order valence-corrected chi connectivity index (χ4v) is 3.61. The summed E-state index contributed by atoms with van der Waals surface area (Å²) in [5.74, 6) is 0.0512. The SMILES string of the molecule is O=C(N1CCN(c2ccc(C(F)(F)F)nn2)CC1)C1(c2ccc(F)cc2)CC1. The van der Waals surface area contributed by atoms with Crippen LogP contribution in [0.4, 0.5) is 23.4 Å². The van der Waals surface area contributed by atoms with Crippen molar-refractivity contribution < 1.29 is 22.4 Å². The maximum atomic E-state index is 13.2. The fraction of sp³-hybridized carbons (Fsp3) is 0.421. The molecule has 2 fully saturated rings. The quantitative estimate of drug-likeness (QED) is 0.751. The van der Waals surface area contributed by atoms with E-state index in [0.717, 1.165) is 24.5 Å². The average Bonchev–Trinajstić information content (AvgIpc) is 3.49. The van der Waals surface area contributed by atoms with Crippen LogP contribution < -0.4 is 4.90 Å². The zero-order valence-corrected chi connectivity index (χ0v) is 14.9. The zero-order valence-electron chi connectivity index (χ0n) is 14.9. The van der Waals surface area contributed by atoms with Crippen molar-refractivity contribution in [3.05, 3.63) is 53.5 Å². The first-order valence-electron chi connectivity index (χ1n) is 9.01. The Morgan fingerprint density at radius 2 is 1.57 bits per heavy atom. The summed E-state index contributed by atoms with van der Waals surface area (Å²) in [7, 11) is 0. The summed E-state index contributed by atoms with van der Waals surface area (Å²) in [4.78, 5) is 16.6. The van der Waals surface area contributed by atoms with Crippen molar-refractivity contribution in [2.75, 3.05) is 31.1 Å². The van der Waals surface area contributed by atoms with Crippen LogP contribution in [0.3, 0.4) is 0 Å². The molecule has 2 aliphatic rings. The molecule has 2 aromatic rings. The van der Waals surface area contributed by atoms with Crippen molar-refractivity contribution in [1.29, 1.82) is 0 Å². The molecule has 5 nitrogen and oxygen atoms in total. The van der Waals surface area contributed by atoms with Crippen LogP contribution in [0, 0.1) is 5.82 Å². The fourth-order valence-electron chi connectivity index (χ4n) is 3.61. The van der Waals surface area contributed by atoms with Crippen molar-refractivity contribution >= 4 is 11.7 Å². The predicted molar refractivity (Wildman–Crippen MR) is 93.1 cm³/mol. The Labute approximate surface area is 159 Å². The molecule has 0 spiro atoms. The van der Waals surface area contributed by atoms with Gasteiger partial charge in [-0.05, 0) is 42.7 Å². The van der Waals surface area contributed by atoms with Gasteiger partial charge in [-0.3, -0.25) is 4.79 Å². The molecule has 0 atom stereocenters. The van der Waals surface area contributed by atoms with Crippen molar-refractivity contribution in [3.8, 4) is 0 Å². The van der Waals surface area contributed by atoms with E-state index in [2.05, 4.69) is 10.2 Å². The number of rotatable bonds is 3. The van der Waals surface area contributed by atoms with Crippen molar-refractivity contribution in [1.82, 2.24) is 15.1 Å². The number of carbonyl (C=O) groups is 1. The molecule has 4 rings (SSSR count). The molecule has 0 N–H and O–H groups in total. The van der Waals surface area contributed by atoms with Crippen LogP contribution >= 0.6 is 0 Å². The molecule has 2 heterocycles. The standard InChI is InChI=1S/C19H18F4N4O/c20-14-3-1-13(2-4-14)18(7-8-18)17(28)27-11-9-26(10-12-27)16-6-5-15(24-25-16)19(21,22)23/h1-6H,7-12H2. The van der Waals surface area contributed by atoms with Gasteiger partial charge in [-0.1, -0.05) is 12.1 Å². The Kier molecular flexibility index (Phi) is 4.47. The van der Waals surface area contributed by atoms with E-state index in [1.54, 1.807) is 17.0 Å². The van der Waals surface area contributed by atoms with Gasteiger partial charge in [-0.15, -0.1) is 10.2 Å². The molecule has 0 unspecified atom stereocenters. The van der Waals surface area contributed by atoms with Crippen LogP contribution in [-0.2, 0) is 16.4 Å². The second-order valence-corrected chi connectivity index (χ2v) is 7.14. The Hall–Kier alpha value is -2.71. The van der Waals surface area contributed by atoms with E-state index in [1.165, 1.54) is 18.2 Å². The first-order valence-corrected chi connectivity index (χ1v) is 9.01. The number of halogens is 4. The number of benzene rings is 1. The van der Waals surface area contributed by atoms with Gasteiger partial charge in [0.25, 0.3) is 0 Å². The highest BCUT2D eigenvalue weighted by atomic mass is 19.4. The lowest BCUT2D eigenvalue weighted by Gasteiger charge is -2.37. The van der Waals surface area contributed by atoms with Crippen LogP contribution in [0.2, 0.25) is 0 Å². The topological polar surface area (TPSA) is 49.3 Å². The van der Waals surface area contributed by atoms with E-state index in [4.69, 9.17) is 0 Å². The van der Waals surface area contributed by atoms with Gasteiger partial charge in [0.15, 0.2) is 11.5 Å². The molecule has 1 saturated carbocycles. The van der Waals surface area contributed by atoms with Gasteiger partial charge >= 0.3 is 6.18 Å². The number of carbonyl (C=O) groups excluding carboxylic acids is 1. The molecule has 1 saturated heterocycles. The van der Waals surface area contributed by atoms with E-state index in [-0.39, 0.29) is 11.7 Å². The second-order valence-electron chi connectivity index (χ2n) is 7.14. The lowest BCUT2D eigenvalue weighted by molar-refractivity contribution is -0.141. The lowest BCUT2D eigenvalue weighted by Crippen LogP contribution is -2.51. The maximum absolute atomic E-state index is 13.2. The van der Waals surface area contributed by atoms with Crippen LogP contribution in [0.5, 0.6) is 0 Å². The number of anilines is 1. The number of amides is 1. The Bertz CT molecular complexity index is 855. The first-order chi connectivity index (χ1) is 13.3. The van der Waals surface area contributed by atoms with Gasteiger partial charge in [0, 0.05) is 26.2 Å². The number of nitrogens with zero attached hydrogens (tertiary/aromatic N) is 4. The number of piperazine rings is 1. The minimum absolute atomic E-state index is 0.0252. The highest BCUT2D eigenvalue weighted by molar-refractivity contribution is 5.91. The molecule has 0 bridgehead atoms. The van der Waals surface area contributed by atoms with Gasteiger partial charge < -0.3 is 9.80 Å². The summed E-state index contributed by atoms with van der Waals surface area (Å²) in [5.41, 5.74) is -0.765. The second kappa shape index (κ2) is 6.72. The molecule has 1 aliphatic heterocycles. The molecular formula is C19H18F4N4O. The molecule has 9 heteroatoms. The van der Waals surface area contributed by atoms with E-state index in [9.17, 15) is 22.4 Å². The van der Waals surface area contributed by atoms with E-state index < -0.39 is 17.3 Å². The first kappa shape index (κ1) is 18.6. The molecule has 1 aliphatic carbocycles. The Balaban J connectivity index is 1.40. The Morgan fingerprint density at radius 1 is 0.929 bits per heavy atom. The monoisotopic (exact) mass is 394 g/mol. The third kappa shape index (κ3) is 3.41. The van der Waals surface area contributed by atoms with E-state index >= 15 is 0 Å². The largest absolute Gasteiger partial charge is 0.435 e. The van der Waals surface area contributed by atoms with Gasteiger partial charge in [-0.25, -0.2) is 4.39 Å². The van der Waals surface area contributed by atoms with E-state index in [1.807, 2.05) is 4.90 Å². The zero-order chi connectivity index (χ0) is 19.9. The van der Waals surface area contributed by atoms with Gasteiger partial charge in [0.1, 0.15) is 5.82 Å². The maximum Gasteiger partial charge on any atom is 0.435 e. The van der Waals surface area contributed by atoms with Crippen LogP contribution in [0.1, 0.15) is 24.1 Å². The van der Waals surface area contributed by atoms with Crippen LogP contribution in [0.25, 0.3) is 0 Å². The van der Waals surface area contributed by atoms with Crippen molar-refractivity contribution in [2.45, 2.75) is 24.4 Å². The van der Waals surface area contributed by atoms with Crippen molar-refractivity contribution in [2.24, 2.45) is 0 Å². The molecule has 148 valence electrons. The normalized spacial score (nSPS) is 18.9. The summed E-state index contributed by atoms with van der Waals surface area (Å²) in [6, 6.07) is 8.26. The Morgan fingerprint density at radius 3 is 2.07 bits per heavy atom. The minimum Gasteiger partial charge on any atom is -0.352 e. The minimum atomic E-state index is -4.52. The third-order valence-corrected chi connectivity index (χ3v) is 5.39. The summed E-state index contributed by atoms with van der Waals surface area (Å²) in [6.45, 7) is 1.82. The molecule has 1 aromatic carbocycles. The molecule has 1 aromatic heterocycles. The highest BCUT2D eigenvalue weighted by Crippen LogP contribution is 2.49. The summed E-state index contributed by atoms with van der Waals surface area (Å²) < 4.78 is 51.0. The lowest BCUT2D eigenvalue weighted by atomic mass is 9.94. The molecule has 0 radical (unpaired) electrons. The number of aromatic nitrogens is 2. The highest BCUT2D eigenvalue weighted by Gasteiger charge is 2.53. The van der Waals surface area contributed by atoms with Crippen LogP contribution in [-0.4, -0.2) is 47.2 Å². The molecule has 1 amide bonds. The van der Waals surface area contributed by atoms with Crippen molar-refractivity contribution in [3.63, 3.8) is 0 Å². The number of hydrogen-bond acceptors (Lipinski definition) is 4. The number of hydrogen-bond donors (Lipinski definition) is 0. The number of alkyl halides is 3. The smallest absolute Gasteiger partial charge is 0.352 e. The third-order valence-electron chi connectivity index (χ3n) is 5.39. The summed E-state index contributed by atoms with van der Waals surface area (Å²) in [6.07, 6.45) is -3.04. The van der Waals surface area contributed by atoms with Gasteiger partial charge in [0.05, 0.1) is 5.41 Å². The molecular weight excluding hydrogens is 376 g/mol. The van der Waals surface area contributed by atoms with Crippen LogP contribution in [0.15, 0.2) is 36.4 Å². The average molecular weight is 394 g/mol. The van der Waals surface area contributed by atoms with Gasteiger partial charge in [-0.2, -0.15) is 13.2 Å². The molecule has 28 heavy (non-hydrogen) atoms.